The van der Waals surface area contributed by atoms with Crippen LogP contribution < -0.4 is 5.32 Å². The zero-order chi connectivity index (χ0) is 16.3. The first-order chi connectivity index (χ1) is 9.54. The van der Waals surface area contributed by atoms with Crippen molar-refractivity contribution in [2.45, 2.75) is 24.7 Å². The number of nitrogens with one attached hydrogen (secondary N) is 1. The zero-order valence-electron chi connectivity index (χ0n) is 10.9. The molecular formula is C11H13NO7S2. The molecule has 0 aliphatic carbocycles. The van der Waals surface area contributed by atoms with Crippen LogP contribution in [0, 0.1) is 6.92 Å². The SMILES string of the molecule is Cc1ccc(S(=O)(=O)S(=O)(=O)O)cc1.O=C1CCC(=O)N1. The van der Waals surface area contributed by atoms with Crippen molar-refractivity contribution < 1.29 is 31.0 Å². The molecule has 1 saturated heterocycles. The molecule has 10 heteroatoms. The van der Waals surface area contributed by atoms with E-state index in [2.05, 4.69) is 5.32 Å². The van der Waals surface area contributed by atoms with Crippen LogP contribution in [0.2, 0.25) is 0 Å². The standard InChI is InChI=1S/C7H8O5S2.C4H5NO2/c1-6-2-4-7(5-3-6)13(8,9)14(10,11)12;6-3-1-2-4(7)5-3/h2-5H,1H3,(H,10,11,12);1-2H2,(H,5,6,7). The number of amides is 2. The highest BCUT2D eigenvalue weighted by Crippen LogP contribution is 2.16. The van der Waals surface area contributed by atoms with Gasteiger partial charge in [0.1, 0.15) is 0 Å². The van der Waals surface area contributed by atoms with Gasteiger partial charge in [-0.15, -0.1) is 0 Å². The van der Waals surface area contributed by atoms with Crippen molar-refractivity contribution in [2.24, 2.45) is 0 Å². The number of benzene rings is 1. The van der Waals surface area contributed by atoms with Crippen molar-refractivity contribution in [3.05, 3.63) is 29.8 Å². The molecule has 0 spiro atoms. The Morgan fingerprint density at radius 1 is 0.952 bits per heavy atom. The first kappa shape index (κ1) is 17.3. The van der Waals surface area contributed by atoms with E-state index in [4.69, 9.17) is 4.55 Å². The molecule has 0 saturated carbocycles. The lowest BCUT2D eigenvalue weighted by molar-refractivity contribution is -0.124. The van der Waals surface area contributed by atoms with E-state index in [1.54, 1.807) is 6.92 Å². The quantitative estimate of drug-likeness (QED) is 0.441. The van der Waals surface area contributed by atoms with Crippen LogP contribution in [0.1, 0.15) is 18.4 Å². The van der Waals surface area contributed by atoms with Gasteiger partial charge in [-0.1, -0.05) is 17.7 Å². The van der Waals surface area contributed by atoms with E-state index in [0.29, 0.717) is 12.8 Å². The summed E-state index contributed by atoms with van der Waals surface area (Å²) in [6, 6.07) is 5.13. The van der Waals surface area contributed by atoms with Gasteiger partial charge in [-0.2, -0.15) is 8.42 Å². The van der Waals surface area contributed by atoms with Gasteiger partial charge in [0.2, 0.25) is 11.8 Å². The summed E-state index contributed by atoms with van der Waals surface area (Å²) in [5, 5.41) is 2.14. The smallest absolute Gasteiger partial charge is 0.296 e. The molecule has 1 aromatic rings. The van der Waals surface area contributed by atoms with Crippen LogP contribution in [-0.4, -0.2) is 33.2 Å². The molecule has 1 aliphatic rings. The first-order valence-electron chi connectivity index (χ1n) is 5.66. The third kappa shape index (κ3) is 4.62. The Bertz CT molecular complexity index is 734. The Hall–Kier alpha value is -1.78. The molecule has 0 bridgehead atoms. The number of hydrogen-bond donors (Lipinski definition) is 2. The van der Waals surface area contributed by atoms with E-state index in [9.17, 15) is 26.4 Å². The maximum absolute atomic E-state index is 11.1. The second-order valence-electron chi connectivity index (χ2n) is 4.17. The average molecular weight is 335 g/mol. The molecule has 1 fully saturated rings. The van der Waals surface area contributed by atoms with Gasteiger partial charge in [-0.05, 0) is 19.1 Å². The monoisotopic (exact) mass is 335 g/mol. The van der Waals surface area contributed by atoms with Crippen LogP contribution in [0.25, 0.3) is 0 Å². The number of imide groups is 1. The molecule has 2 amide bonds. The molecular weight excluding hydrogens is 322 g/mol. The van der Waals surface area contributed by atoms with Crippen molar-refractivity contribution in [3.8, 4) is 0 Å². The van der Waals surface area contributed by atoms with Gasteiger partial charge in [0, 0.05) is 12.8 Å². The van der Waals surface area contributed by atoms with Gasteiger partial charge in [-0.25, -0.2) is 8.42 Å². The number of carbonyl (C=O) groups excluding carboxylic acids is 2. The molecule has 2 rings (SSSR count). The topological polar surface area (TPSA) is 135 Å². The molecule has 0 aromatic heterocycles. The van der Waals surface area contributed by atoms with E-state index >= 15 is 0 Å². The maximum Gasteiger partial charge on any atom is 0.377 e. The third-order valence-corrected chi connectivity index (χ3v) is 6.09. The lowest BCUT2D eigenvalue weighted by atomic mass is 10.2. The van der Waals surface area contributed by atoms with Crippen LogP contribution >= 0.6 is 0 Å². The molecule has 1 aliphatic heterocycles. The lowest BCUT2D eigenvalue weighted by Crippen LogP contribution is -2.18. The van der Waals surface area contributed by atoms with Gasteiger partial charge < -0.3 is 0 Å². The predicted molar refractivity (Wildman–Crippen MR) is 72.3 cm³/mol. The highest BCUT2D eigenvalue weighted by atomic mass is 33.2. The number of aryl methyl sites for hydroxylation is 1. The van der Waals surface area contributed by atoms with Crippen molar-refractivity contribution in [1.29, 1.82) is 0 Å². The van der Waals surface area contributed by atoms with Crippen LogP contribution in [0.5, 0.6) is 0 Å². The minimum Gasteiger partial charge on any atom is -0.296 e. The van der Waals surface area contributed by atoms with Crippen molar-refractivity contribution >= 4 is 29.8 Å². The fourth-order valence-electron chi connectivity index (χ4n) is 1.33. The van der Waals surface area contributed by atoms with E-state index in [0.717, 1.165) is 17.7 Å². The van der Waals surface area contributed by atoms with Crippen LogP contribution in [0.4, 0.5) is 0 Å². The van der Waals surface area contributed by atoms with Crippen LogP contribution in [0.3, 0.4) is 0 Å². The van der Waals surface area contributed by atoms with Crippen molar-refractivity contribution in [3.63, 3.8) is 0 Å². The molecule has 0 unspecified atom stereocenters. The average Bonchev–Trinajstić information content (AvgIpc) is 2.73. The summed E-state index contributed by atoms with van der Waals surface area (Å²) in [6.07, 6.45) is 0.748. The molecule has 8 nitrogen and oxygen atoms in total. The summed E-state index contributed by atoms with van der Waals surface area (Å²) in [4.78, 5) is 19.8. The normalized spacial score (nSPS) is 15.1. The Labute approximate surface area is 121 Å². The summed E-state index contributed by atoms with van der Waals surface area (Å²) >= 11 is 0. The van der Waals surface area contributed by atoms with Crippen molar-refractivity contribution in [2.75, 3.05) is 0 Å². The Morgan fingerprint density at radius 2 is 1.38 bits per heavy atom. The highest BCUT2D eigenvalue weighted by Gasteiger charge is 2.29. The van der Waals surface area contributed by atoms with Gasteiger partial charge in [0.05, 0.1) is 4.90 Å². The Balaban J connectivity index is 0.000000262. The number of rotatable bonds is 2. The number of hydrogen-bond acceptors (Lipinski definition) is 6. The van der Waals surface area contributed by atoms with E-state index in [-0.39, 0.29) is 11.8 Å². The third-order valence-electron chi connectivity index (χ3n) is 2.44. The molecule has 21 heavy (non-hydrogen) atoms. The van der Waals surface area contributed by atoms with Crippen LogP contribution in [-0.2, 0) is 27.6 Å². The second-order valence-corrected chi connectivity index (χ2v) is 8.98. The second kappa shape index (κ2) is 6.33. The summed E-state index contributed by atoms with van der Waals surface area (Å²) in [7, 11) is -9.76. The summed E-state index contributed by atoms with van der Waals surface area (Å²) < 4.78 is 51.7. The Morgan fingerprint density at radius 3 is 1.67 bits per heavy atom. The minimum absolute atomic E-state index is 0.148. The maximum atomic E-state index is 11.1. The summed E-state index contributed by atoms with van der Waals surface area (Å²) in [6.45, 7) is 1.73. The number of carbonyl (C=O) groups is 2. The van der Waals surface area contributed by atoms with Gasteiger partial charge >= 0.3 is 18.0 Å². The summed E-state index contributed by atoms with van der Waals surface area (Å²) in [5.41, 5.74) is 0.791. The highest BCUT2D eigenvalue weighted by molar-refractivity contribution is 8.64. The molecule has 0 atom stereocenters. The first-order valence-corrected chi connectivity index (χ1v) is 9.10. The van der Waals surface area contributed by atoms with Gasteiger partial charge in [0.15, 0.2) is 0 Å². The zero-order valence-corrected chi connectivity index (χ0v) is 12.6. The molecule has 1 heterocycles. The minimum atomic E-state index is -5.10. The molecule has 1 aromatic carbocycles. The van der Waals surface area contributed by atoms with Gasteiger partial charge in [0.25, 0.3) is 0 Å². The fraction of sp³-hybridized carbons (Fsp3) is 0.273. The Kier molecular flexibility index (Phi) is 5.20. The van der Waals surface area contributed by atoms with Crippen LogP contribution in [0.15, 0.2) is 29.2 Å². The van der Waals surface area contributed by atoms with E-state index in [1.165, 1.54) is 12.1 Å². The fourth-order valence-corrected chi connectivity index (χ4v) is 3.11. The van der Waals surface area contributed by atoms with Crippen molar-refractivity contribution in [1.82, 2.24) is 5.32 Å². The lowest BCUT2D eigenvalue weighted by Gasteiger charge is -2.00. The van der Waals surface area contributed by atoms with Gasteiger partial charge in [-0.3, -0.25) is 19.5 Å². The van der Waals surface area contributed by atoms with E-state index < -0.39 is 22.9 Å². The summed E-state index contributed by atoms with van der Waals surface area (Å²) in [5.74, 6) is -0.296. The largest absolute Gasteiger partial charge is 0.377 e. The molecule has 2 N–H and O–H groups in total. The molecule has 0 radical (unpaired) electrons. The predicted octanol–water partition coefficient (Wildman–Crippen LogP) is -0.00548. The molecule has 116 valence electrons. The van der Waals surface area contributed by atoms with E-state index in [1.807, 2.05) is 0 Å².